The van der Waals surface area contributed by atoms with Gasteiger partial charge in [0, 0.05) is 42.9 Å². The van der Waals surface area contributed by atoms with Gasteiger partial charge in [-0.2, -0.15) is 0 Å². The maximum Gasteiger partial charge on any atom is 0.255 e. The Balaban J connectivity index is 1.67. The summed E-state index contributed by atoms with van der Waals surface area (Å²) in [6, 6.07) is 12.7. The molecular weight excluding hydrogens is 332 g/mol. The van der Waals surface area contributed by atoms with Crippen molar-refractivity contribution in [2.45, 2.75) is 12.8 Å². The molecule has 0 spiro atoms. The predicted molar refractivity (Wildman–Crippen MR) is 100 cm³/mol. The molecule has 0 aliphatic carbocycles. The summed E-state index contributed by atoms with van der Waals surface area (Å²) in [7, 11) is 3.09. The van der Waals surface area contributed by atoms with Crippen LogP contribution in [0.25, 0.3) is 0 Å². The van der Waals surface area contributed by atoms with Crippen molar-refractivity contribution in [1.29, 1.82) is 0 Å². The SMILES string of the molecule is COc1ccc(C(=O)Nc2ccc(N3CCC(=O)CC3)cc2)cc1OC. The van der Waals surface area contributed by atoms with Gasteiger partial charge in [0.1, 0.15) is 5.78 Å². The molecule has 0 bridgehead atoms. The van der Waals surface area contributed by atoms with Crippen molar-refractivity contribution < 1.29 is 19.1 Å². The van der Waals surface area contributed by atoms with Crippen molar-refractivity contribution in [2.75, 3.05) is 37.5 Å². The van der Waals surface area contributed by atoms with Gasteiger partial charge in [-0.1, -0.05) is 0 Å². The largest absolute Gasteiger partial charge is 0.493 e. The molecule has 0 saturated carbocycles. The maximum atomic E-state index is 12.4. The summed E-state index contributed by atoms with van der Waals surface area (Å²) >= 11 is 0. The molecule has 2 aromatic carbocycles. The third kappa shape index (κ3) is 3.96. The van der Waals surface area contributed by atoms with Crippen LogP contribution >= 0.6 is 0 Å². The van der Waals surface area contributed by atoms with Crippen LogP contribution in [0.3, 0.4) is 0 Å². The highest BCUT2D eigenvalue weighted by molar-refractivity contribution is 6.04. The van der Waals surface area contributed by atoms with Gasteiger partial charge in [-0.3, -0.25) is 9.59 Å². The minimum Gasteiger partial charge on any atom is -0.493 e. The first-order chi connectivity index (χ1) is 12.6. The van der Waals surface area contributed by atoms with Crippen LogP contribution in [0.15, 0.2) is 42.5 Å². The van der Waals surface area contributed by atoms with Crippen LogP contribution < -0.4 is 19.7 Å². The van der Waals surface area contributed by atoms with Gasteiger partial charge < -0.3 is 19.7 Å². The molecule has 1 aliphatic heterocycles. The van der Waals surface area contributed by atoms with E-state index >= 15 is 0 Å². The minimum absolute atomic E-state index is 0.220. The first-order valence-electron chi connectivity index (χ1n) is 8.51. The highest BCUT2D eigenvalue weighted by Gasteiger charge is 2.16. The van der Waals surface area contributed by atoms with Crippen molar-refractivity contribution in [1.82, 2.24) is 0 Å². The average Bonchev–Trinajstić information content (AvgIpc) is 2.68. The van der Waals surface area contributed by atoms with Crippen molar-refractivity contribution in [3.8, 4) is 11.5 Å². The molecule has 3 rings (SSSR count). The summed E-state index contributed by atoms with van der Waals surface area (Å²) < 4.78 is 10.4. The average molecular weight is 354 g/mol. The van der Waals surface area contributed by atoms with E-state index in [2.05, 4.69) is 10.2 Å². The van der Waals surface area contributed by atoms with E-state index in [-0.39, 0.29) is 5.91 Å². The number of nitrogens with one attached hydrogen (secondary N) is 1. The van der Waals surface area contributed by atoms with Gasteiger partial charge in [-0.15, -0.1) is 0 Å². The molecule has 136 valence electrons. The van der Waals surface area contributed by atoms with E-state index in [0.717, 1.165) is 18.8 Å². The fraction of sp³-hybridized carbons (Fsp3) is 0.300. The summed E-state index contributed by atoms with van der Waals surface area (Å²) in [4.78, 5) is 26.0. The summed E-state index contributed by atoms with van der Waals surface area (Å²) in [5, 5.41) is 2.88. The van der Waals surface area contributed by atoms with Crippen LogP contribution in [0.1, 0.15) is 23.2 Å². The van der Waals surface area contributed by atoms with Gasteiger partial charge in [-0.05, 0) is 42.5 Å². The molecule has 1 saturated heterocycles. The number of hydrogen-bond donors (Lipinski definition) is 1. The highest BCUT2D eigenvalue weighted by Crippen LogP contribution is 2.28. The van der Waals surface area contributed by atoms with Gasteiger partial charge in [0.15, 0.2) is 11.5 Å². The maximum absolute atomic E-state index is 12.4. The lowest BCUT2D eigenvalue weighted by molar-refractivity contribution is -0.119. The smallest absolute Gasteiger partial charge is 0.255 e. The monoisotopic (exact) mass is 354 g/mol. The number of benzene rings is 2. The Morgan fingerprint density at radius 3 is 2.23 bits per heavy atom. The normalized spacial score (nSPS) is 14.1. The minimum atomic E-state index is -0.220. The molecule has 1 fully saturated rings. The number of methoxy groups -OCH3 is 2. The quantitative estimate of drug-likeness (QED) is 0.893. The Kier molecular flexibility index (Phi) is 5.41. The molecule has 6 nitrogen and oxygen atoms in total. The first kappa shape index (κ1) is 17.8. The summed E-state index contributed by atoms with van der Waals surface area (Å²) in [5.74, 6) is 1.19. The van der Waals surface area contributed by atoms with Crippen LogP contribution in [-0.2, 0) is 4.79 Å². The van der Waals surface area contributed by atoms with Crippen molar-refractivity contribution in [2.24, 2.45) is 0 Å². The van der Waals surface area contributed by atoms with Crippen LogP contribution in [-0.4, -0.2) is 39.0 Å². The zero-order valence-corrected chi connectivity index (χ0v) is 15.0. The lowest BCUT2D eigenvalue weighted by Gasteiger charge is -2.28. The number of nitrogens with zero attached hydrogens (tertiary/aromatic N) is 1. The molecule has 0 radical (unpaired) electrons. The molecular formula is C20H22N2O4. The molecule has 26 heavy (non-hydrogen) atoms. The van der Waals surface area contributed by atoms with Crippen molar-refractivity contribution in [3.63, 3.8) is 0 Å². The van der Waals surface area contributed by atoms with Crippen molar-refractivity contribution >= 4 is 23.1 Å². The van der Waals surface area contributed by atoms with Crippen molar-refractivity contribution in [3.05, 3.63) is 48.0 Å². The summed E-state index contributed by atoms with van der Waals surface area (Å²) in [6.07, 6.45) is 1.19. The number of carbonyl (C=O) groups excluding carboxylic acids is 2. The van der Waals surface area contributed by atoms with Gasteiger partial charge in [0.2, 0.25) is 0 Å². The van der Waals surface area contributed by atoms with Gasteiger partial charge >= 0.3 is 0 Å². The third-order valence-electron chi connectivity index (χ3n) is 4.46. The van der Waals surface area contributed by atoms with Crippen LogP contribution in [0.5, 0.6) is 11.5 Å². The topological polar surface area (TPSA) is 67.9 Å². The van der Waals surface area contributed by atoms with E-state index in [9.17, 15) is 9.59 Å². The van der Waals surface area contributed by atoms with E-state index in [1.807, 2.05) is 24.3 Å². The molecule has 1 aliphatic rings. The number of piperidine rings is 1. The molecule has 0 atom stereocenters. The summed E-state index contributed by atoms with van der Waals surface area (Å²) in [6.45, 7) is 1.49. The summed E-state index contributed by atoms with van der Waals surface area (Å²) in [5.41, 5.74) is 2.25. The number of anilines is 2. The molecule has 6 heteroatoms. The number of carbonyl (C=O) groups is 2. The predicted octanol–water partition coefficient (Wildman–Crippen LogP) is 3.13. The van der Waals surface area contributed by atoms with Gasteiger partial charge in [-0.25, -0.2) is 0 Å². The molecule has 0 unspecified atom stereocenters. The standard InChI is InChI=1S/C20H22N2O4/c1-25-18-8-3-14(13-19(18)26-2)20(24)21-15-4-6-16(7-5-15)22-11-9-17(23)10-12-22/h3-8,13H,9-12H2,1-2H3,(H,21,24). The number of rotatable bonds is 5. The third-order valence-corrected chi connectivity index (χ3v) is 4.46. The zero-order chi connectivity index (χ0) is 18.5. The second-order valence-electron chi connectivity index (χ2n) is 6.10. The first-order valence-corrected chi connectivity index (χ1v) is 8.51. The fourth-order valence-corrected chi connectivity index (χ4v) is 2.95. The lowest BCUT2D eigenvalue weighted by atomic mass is 10.1. The van der Waals surface area contributed by atoms with E-state index in [0.29, 0.717) is 41.4 Å². The second-order valence-corrected chi connectivity index (χ2v) is 6.10. The molecule has 1 amide bonds. The van der Waals surface area contributed by atoms with Crippen LogP contribution in [0, 0.1) is 0 Å². The zero-order valence-electron chi connectivity index (χ0n) is 15.0. The number of ether oxygens (including phenoxy) is 2. The molecule has 1 N–H and O–H groups in total. The van der Waals surface area contributed by atoms with E-state index in [1.54, 1.807) is 25.3 Å². The Morgan fingerprint density at radius 2 is 1.62 bits per heavy atom. The number of ketones is 1. The lowest BCUT2D eigenvalue weighted by Crippen LogP contribution is -2.33. The van der Waals surface area contributed by atoms with E-state index in [1.165, 1.54) is 7.11 Å². The van der Waals surface area contributed by atoms with E-state index in [4.69, 9.17) is 9.47 Å². The second kappa shape index (κ2) is 7.91. The molecule has 2 aromatic rings. The number of hydrogen-bond acceptors (Lipinski definition) is 5. The van der Waals surface area contributed by atoms with Gasteiger partial charge in [0.25, 0.3) is 5.91 Å². The van der Waals surface area contributed by atoms with E-state index < -0.39 is 0 Å². The number of Topliss-reactive ketones (excluding diaryl/α,β-unsaturated/α-hetero) is 1. The van der Waals surface area contributed by atoms with Crippen LogP contribution in [0.2, 0.25) is 0 Å². The van der Waals surface area contributed by atoms with Crippen LogP contribution in [0.4, 0.5) is 11.4 Å². The Labute approximate surface area is 152 Å². The Morgan fingerprint density at radius 1 is 0.962 bits per heavy atom. The highest BCUT2D eigenvalue weighted by atomic mass is 16.5. The molecule has 0 aromatic heterocycles. The van der Waals surface area contributed by atoms with Gasteiger partial charge in [0.05, 0.1) is 14.2 Å². The fourth-order valence-electron chi connectivity index (χ4n) is 2.95. The Bertz CT molecular complexity index is 792. The molecule has 1 heterocycles. The number of amides is 1. The Hall–Kier alpha value is -3.02.